The van der Waals surface area contributed by atoms with Gasteiger partial charge in [0.2, 0.25) is 5.95 Å². The molecule has 8 nitrogen and oxygen atoms in total. The Labute approximate surface area is 137 Å². The average Bonchev–Trinajstić information content (AvgIpc) is 2.99. The monoisotopic (exact) mass is 330 g/mol. The van der Waals surface area contributed by atoms with Crippen LogP contribution in [0.15, 0.2) is 29.2 Å². The summed E-state index contributed by atoms with van der Waals surface area (Å²) in [5.74, 6) is 0.788. The summed E-state index contributed by atoms with van der Waals surface area (Å²) < 4.78 is 10.7. The quantitative estimate of drug-likeness (QED) is 0.552. The summed E-state index contributed by atoms with van der Waals surface area (Å²) in [6.45, 7) is -0.204. The number of nitrogens with zero attached hydrogens (tertiary/aromatic N) is 1. The number of ether oxygens (including phenoxy) is 2. The molecule has 24 heavy (non-hydrogen) atoms. The van der Waals surface area contributed by atoms with Crippen molar-refractivity contribution in [2.24, 2.45) is 0 Å². The molecule has 1 atom stereocenters. The van der Waals surface area contributed by atoms with Gasteiger partial charge in [0.1, 0.15) is 22.5 Å². The second-order valence-electron chi connectivity index (χ2n) is 5.26. The number of benzene rings is 1. The maximum Gasteiger partial charge on any atom is 0.276 e. The molecule has 0 bridgehead atoms. The lowest BCUT2D eigenvalue weighted by molar-refractivity contribution is 0.277. The Bertz CT molecular complexity index is 931. The molecule has 1 aromatic carbocycles. The predicted octanol–water partition coefficient (Wildman–Crippen LogP) is 0.975. The first-order valence-corrected chi connectivity index (χ1v) is 7.28. The third kappa shape index (κ3) is 2.56. The number of nitrogen functional groups attached to an aromatic ring is 1. The summed E-state index contributed by atoms with van der Waals surface area (Å²) in [7, 11) is 3.11. The smallest absolute Gasteiger partial charge is 0.276 e. The molecule has 2 aromatic heterocycles. The van der Waals surface area contributed by atoms with Crippen molar-refractivity contribution in [3.05, 3.63) is 45.9 Å². The first-order chi connectivity index (χ1) is 11.6. The van der Waals surface area contributed by atoms with Gasteiger partial charge in [0.05, 0.1) is 20.8 Å². The zero-order valence-electron chi connectivity index (χ0n) is 13.3. The largest absolute Gasteiger partial charge is 0.497 e. The fourth-order valence-electron chi connectivity index (χ4n) is 2.79. The number of H-pyrrole nitrogens is 2. The molecule has 0 fully saturated rings. The number of aromatic nitrogens is 3. The first kappa shape index (κ1) is 15.9. The number of nitrogens with two attached hydrogens (primary N) is 1. The molecule has 0 aliphatic heterocycles. The van der Waals surface area contributed by atoms with E-state index in [1.54, 1.807) is 38.6 Å². The van der Waals surface area contributed by atoms with E-state index < -0.39 is 5.92 Å². The highest BCUT2D eigenvalue weighted by atomic mass is 16.5. The van der Waals surface area contributed by atoms with E-state index in [4.69, 9.17) is 15.2 Å². The van der Waals surface area contributed by atoms with Crippen molar-refractivity contribution in [1.29, 1.82) is 0 Å². The van der Waals surface area contributed by atoms with Crippen molar-refractivity contribution >= 4 is 17.0 Å². The molecule has 2 heterocycles. The van der Waals surface area contributed by atoms with Gasteiger partial charge in [-0.15, -0.1) is 0 Å². The van der Waals surface area contributed by atoms with Crippen molar-refractivity contribution in [2.75, 3.05) is 26.6 Å². The van der Waals surface area contributed by atoms with Crippen molar-refractivity contribution in [2.45, 2.75) is 5.92 Å². The van der Waals surface area contributed by atoms with Crippen molar-refractivity contribution in [1.82, 2.24) is 15.0 Å². The minimum Gasteiger partial charge on any atom is -0.497 e. The summed E-state index contributed by atoms with van der Waals surface area (Å²) in [5.41, 5.74) is 7.38. The van der Waals surface area contributed by atoms with Gasteiger partial charge in [-0.25, -0.2) is 4.98 Å². The van der Waals surface area contributed by atoms with E-state index >= 15 is 0 Å². The van der Waals surface area contributed by atoms with Crippen LogP contribution in [0.4, 0.5) is 5.95 Å². The SMILES string of the molecule is COc1ccc(OC)c([C@@H](CO)c2c[nH]c3c(=O)[nH]c(N)nc23)c1. The standard InChI is InChI=1S/C16H18N4O4/c1-23-8-3-4-12(24-2)9(5-8)11(7-21)10-6-18-14-13(10)19-16(17)20-15(14)22/h3-6,11,18,21H,7H2,1-2H3,(H3,17,19,20,22)/t11-/m1/s1. The van der Waals surface area contributed by atoms with Gasteiger partial charge in [0.25, 0.3) is 5.56 Å². The minimum absolute atomic E-state index is 0.0163. The number of aromatic amines is 2. The van der Waals surface area contributed by atoms with Gasteiger partial charge in [0.15, 0.2) is 0 Å². The number of hydrogen-bond donors (Lipinski definition) is 4. The lowest BCUT2D eigenvalue weighted by atomic mass is 9.92. The lowest BCUT2D eigenvalue weighted by Gasteiger charge is -2.18. The molecule has 0 spiro atoms. The Balaban J connectivity index is 2.22. The number of nitrogens with one attached hydrogen (secondary N) is 2. The second kappa shape index (κ2) is 6.25. The van der Waals surface area contributed by atoms with Crippen LogP contribution in [0, 0.1) is 0 Å². The molecule has 5 N–H and O–H groups in total. The average molecular weight is 330 g/mol. The molecule has 0 amide bonds. The van der Waals surface area contributed by atoms with Crippen LogP contribution >= 0.6 is 0 Å². The summed E-state index contributed by atoms with van der Waals surface area (Å²) in [6.07, 6.45) is 1.64. The van der Waals surface area contributed by atoms with Gasteiger partial charge in [-0.2, -0.15) is 0 Å². The maximum absolute atomic E-state index is 12.0. The molecule has 0 saturated heterocycles. The molecule has 0 aliphatic rings. The third-order valence-electron chi connectivity index (χ3n) is 3.95. The van der Waals surface area contributed by atoms with Gasteiger partial charge in [-0.1, -0.05) is 0 Å². The van der Waals surface area contributed by atoms with Crippen LogP contribution in [0.2, 0.25) is 0 Å². The first-order valence-electron chi connectivity index (χ1n) is 7.28. The molecule has 0 radical (unpaired) electrons. The molecular formula is C16H18N4O4. The van der Waals surface area contributed by atoms with E-state index in [0.29, 0.717) is 28.1 Å². The van der Waals surface area contributed by atoms with E-state index in [0.717, 1.165) is 5.56 Å². The Hall–Kier alpha value is -3.00. The Morgan fingerprint density at radius 2 is 2.08 bits per heavy atom. The molecule has 3 aromatic rings. The Kier molecular flexibility index (Phi) is 4.13. The minimum atomic E-state index is -0.461. The molecule has 0 unspecified atom stereocenters. The van der Waals surface area contributed by atoms with Crippen molar-refractivity contribution in [3.63, 3.8) is 0 Å². The molecule has 3 rings (SSSR count). The lowest BCUT2D eigenvalue weighted by Crippen LogP contribution is -2.12. The summed E-state index contributed by atoms with van der Waals surface area (Å²) >= 11 is 0. The number of fused-ring (bicyclic) bond motifs is 1. The van der Waals surface area contributed by atoms with E-state index in [1.807, 2.05) is 0 Å². The van der Waals surface area contributed by atoms with E-state index in [1.165, 1.54) is 0 Å². The predicted molar refractivity (Wildman–Crippen MR) is 89.6 cm³/mol. The summed E-state index contributed by atoms with van der Waals surface area (Å²) in [4.78, 5) is 21.5. The Morgan fingerprint density at radius 1 is 1.29 bits per heavy atom. The van der Waals surface area contributed by atoms with Crippen LogP contribution in [0.3, 0.4) is 0 Å². The summed E-state index contributed by atoms with van der Waals surface area (Å²) in [6, 6.07) is 5.32. The van der Waals surface area contributed by atoms with E-state index in [-0.39, 0.29) is 18.1 Å². The molecule has 0 saturated carbocycles. The number of anilines is 1. The van der Waals surface area contributed by atoms with Crippen molar-refractivity contribution in [3.8, 4) is 11.5 Å². The van der Waals surface area contributed by atoms with Gasteiger partial charge >= 0.3 is 0 Å². The van der Waals surface area contributed by atoms with Gasteiger partial charge < -0.3 is 25.3 Å². The van der Waals surface area contributed by atoms with Crippen LogP contribution < -0.4 is 20.8 Å². The zero-order chi connectivity index (χ0) is 17.3. The topological polar surface area (TPSA) is 126 Å². The highest BCUT2D eigenvalue weighted by molar-refractivity contribution is 5.80. The highest BCUT2D eigenvalue weighted by Gasteiger charge is 2.23. The summed E-state index contributed by atoms with van der Waals surface area (Å²) in [5, 5.41) is 9.98. The third-order valence-corrected chi connectivity index (χ3v) is 3.95. The van der Waals surface area contributed by atoms with E-state index in [9.17, 15) is 9.90 Å². The van der Waals surface area contributed by atoms with Crippen LogP contribution in [-0.2, 0) is 0 Å². The number of rotatable bonds is 5. The van der Waals surface area contributed by atoms with Crippen LogP contribution in [-0.4, -0.2) is 40.9 Å². The fraction of sp³-hybridized carbons (Fsp3) is 0.250. The van der Waals surface area contributed by atoms with Crippen LogP contribution in [0.25, 0.3) is 11.0 Å². The van der Waals surface area contributed by atoms with Gasteiger partial charge in [-0.05, 0) is 18.2 Å². The fourth-order valence-corrected chi connectivity index (χ4v) is 2.79. The molecule has 126 valence electrons. The van der Waals surface area contributed by atoms with Crippen molar-refractivity contribution < 1.29 is 14.6 Å². The van der Waals surface area contributed by atoms with E-state index in [2.05, 4.69) is 15.0 Å². The van der Waals surface area contributed by atoms with Gasteiger partial charge in [-0.3, -0.25) is 9.78 Å². The maximum atomic E-state index is 12.0. The number of hydrogen-bond acceptors (Lipinski definition) is 6. The normalized spacial score (nSPS) is 12.3. The number of aliphatic hydroxyl groups excluding tert-OH is 1. The Morgan fingerprint density at radius 3 is 2.75 bits per heavy atom. The van der Waals surface area contributed by atoms with Crippen LogP contribution in [0.1, 0.15) is 17.0 Å². The second-order valence-corrected chi connectivity index (χ2v) is 5.26. The number of methoxy groups -OCH3 is 2. The van der Waals surface area contributed by atoms with Gasteiger partial charge in [0, 0.05) is 23.2 Å². The molecule has 8 heteroatoms. The molecular weight excluding hydrogens is 312 g/mol. The number of aliphatic hydroxyl groups is 1. The zero-order valence-corrected chi connectivity index (χ0v) is 13.3. The molecule has 0 aliphatic carbocycles. The van der Waals surface area contributed by atoms with Crippen LogP contribution in [0.5, 0.6) is 11.5 Å². The highest BCUT2D eigenvalue weighted by Crippen LogP contribution is 2.36.